The first-order valence-electron chi connectivity index (χ1n) is 4.41. The van der Waals surface area contributed by atoms with Crippen LogP contribution in [0.15, 0.2) is 28.5 Å². The molecule has 0 aliphatic heterocycles. The van der Waals surface area contributed by atoms with Crippen molar-refractivity contribution in [1.82, 2.24) is 25.2 Å². The highest BCUT2D eigenvalue weighted by molar-refractivity contribution is 7.99. The number of hydrogen-bond donors (Lipinski definition) is 0. The minimum absolute atomic E-state index is 0.169. The summed E-state index contributed by atoms with van der Waals surface area (Å²) < 4.78 is 39.3. The zero-order valence-corrected chi connectivity index (χ0v) is 9.33. The number of pyridine rings is 1. The first-order chi connectivity index (χ1) is 7.98. The quantitative estimate of drug-likeness (QED) is 0.824. The minimum atomic E-state index is -4.44. The maximum absolute atomic E-state index is 12.7. The molecule has 0 aromatic carbocycles. The molecule has 0 unspecified atom stereocenters. The molecule has 0 amide bonds. The van der Waals surface area contributed by atoms with Crippen LogP contribution in [0.2, 0.25) is 0 Å². The number of alkyl halides is 3. The highest BCUT2D eigenvalue weighted by Crippen LogP contribution is 2.36. The van der Waals surface area contributed by atoms with Crippen molar-refractivity contribution >= 4 is 11.8 Å². The second kappa shape index (κ2) is 4.32. The molecule has 0 spiro atoms. The number of tetrazole rings is 1. The van der Waals surface area contributed by atoms with Gasteiger partial charge >= 0.3 is 6.18 Å². The van der Waals surface area contributed by atoms with Gasteiger partial charge in [-0.25, -0.2) is 9.67 Å². The molecule has 0 fully saturated rings. The van der Waals surface area contributed by atoms with Crippen molar-refractivity contribution in [3.05, 3.63) is 23.9 Å². The van der Waals surface area contributed by atoms with Gasteiger partial charge in [-0.1, -0.05) is 0 Å². The van der Waals surface area contributed by atoms with Crippen LogP contribution < -0.4 is 0 Å². The third kappa shape index (κ3) is 2.54. The van der Waals surface area contributed by atoms with E-state index in [1.807, 2.05) is 0 Å². The van der Waals surface area contributed by atoms with Crippen LogP contribution in [-0.2, 0) is 13.2 Å². The van der Waals surface area contributed by atoms with Gasteiger partial charge in [-0.15, -0.1) is 5.10 Å². The van der Waals surface area contributed by atoms with Gasteiger partial charge in [-0.2, -0.15) is 13.2 Å². The number of aromatic nitrogens is 5. The van der Waals surface area contributed by atoms with Gasteiger partial charge in [-0.05, 0) is 34.3 Å². The molecule has 0 aliphatic rings. The fourth-order valence-corrected chi connectivity index (χ4v) is 1.91. The third-order valence-corrected chi connectivity index (χ3v) is 2.89. The first kappa shape index (κ1) is 11.8. The summed E-state index contributed by atoms with van der Waals surface area (Å²) in [5, 5.41) is 10.5. The summed E-state index contributed by atoms with van der Waals surface area (Å²) in [4.78, 5) is 3.70. The Bertz CT molecular complexity index is 524. The Balaban J connectivity index is 2.37. The van der Waals surface area contributed by atoms with Crippen molar-refractivity contribution < 1.29 is 13.2 Å². The van der Waals surface area contributed by atoms with E-state index in [-0.39, 0.29) is 10.2 Å². The number of hydrogen-bond acceptors (Lipinski definition) is 5. The maximum atomic E-state index is 12.7. The number of nitrogens with zero attached hydrogens (tertiary/aromatic N) is 5. The lowest BCUT2D eigenvalue weighted by Gasteiger charge is -2.09. The number of aryl methyl sites for hydroxylation is 1. The standard InChI is InChI=1S/C8H6F3N5S/c1-16-7(13-14-15-16)17-6-5(8(9,10)11)3-2-4-12-6/h2-4H,1H3. The van der Waals surface area contributed by atoms with E-state index in [1.54, 1.807) is 7.05 Å². The molecule has 2 aromatic heterocycles. The minimum Gasteiger partial charge on any atom is -0.249 e. The Kier molecular flexibility index (Phi) is 3.01. The van der Waals surface area contributed by atoms with Gasteiger partial charge in [0.25, 0.3) is 0 Å². The lowest BCUT2D eigenvalue weighted by atomic mass is 10.3. The van der Waals surface area contributed by atoms with Gasteiger partial charge in [0.2, 0.25) is 5.16 Å². The largest absolute Gasteiger partial charge is 0.419 e. The summed E-state index contributed by atoms with van der Waals surface area (Å²) in [7, 11) is 1.54. The van der Waals surface area contributed by atoms with Crippen LogP contribution in [0.5, 0.6) is 0 Å². The molecule has 9 heteroatoms. The summed E-state index contributed by atoms with van der Waals surface area (Å²) in [6, 6.07) is 2.21. The molecule has 0 bridgehead atoms. The Hall–Kier alpha value is -1.64. The van der Waals surface area contributed by atoms with E-state index in [2.05, 4.69) is 20.5 Å². The highest BCUT2D eigenvalue weighted by atomic mass is 32.2. The summed E-state index contributed by atoms with van der Waals surface area (Å²) in [6.45, 7) is 0. The van der Waals surface area contributed by atoms with E-state index in [4.69, 9.17) is 0 Å². The van der Waals surface area contributed by atoms with Gasteiger partial charge in [0.15, 0.2) is 0 Å². The normalized spacial score (nSPS) is 11.8. The average molecular weight is 261 g/mol. The van der Waals surface area contributed by atoms with Crippen LogP contribution in [0, 0.1) is 0 Å². The maximum Gasteiger partial charge on any atom is 0.419 e. The van der Waals surface area contributed by atoms with E-state index >= 15 is 0 Å². The Labute approximate surface area is 98.0 Å². The van der Waals surface area contributed by atoms with Crippen LogP contribution in [0.4, 0.5) is 13.2 Å². The summed E-state index contributed by atoms with van der Waals surface area (Å²) in [5.41, 5.74) is -0.798. The molecule has 0 atom stereocenters. The highest BCUT2D eigenvalue weighted by Gasteiger charge is 2.34. The van der Waals surface area contributed by atoms with Gasteiger partial charge in [0.05, 0.1) is 5.56 Å². The van der Waals surface area contributed by atoms with E-state index in [0.29, 0.717) is 0 Å². The molecule has 90 valence electrons. The zero-order valence-electron chi connectivity index (χ0n) is 8.51. The van der Waals surface area contributed by atoms with Crippen molar-refractivity contribution in [2.24, 2.45) is 7.05 Å². The molecule has 0 N–H and O–H groups in total. The molecule has 0 radical (unpaired) electrons. The smallest absolute Gasteiger partial charge is 0.249 e. The Morgan fingerprint density at radius 2 is 2.12 bits per heavy atom. The van der Waals surface area contributed by atoms with E-state index in [9.17, 15) is 13.2 Å². The summed E-state index contributed by atoms with van der Waals surface area (Å²) in [6.07, 6.45) is -3.15. The SMILES string of the molecule is Cn1nnnc1Sc1ncccc1C(F)(F)F. The average Bonchev–Trinajstić information content (AvgIpc) is 2.64. The van der Waals surface area contributed by atoms with Crippen molar-refractivity contribution in [2.45, 2.75) is 16.4 Å². The van der Waals surface area contributed by atoms with E-state index in [0.717, 1.165) is 17.8 Å². The fourth-order valence-electron chi connectivity index (χ4n) is 1.08. The topological polar surface area (TPSA) is 56.5 Å². The van der Waals surface area contributed by atoms with E-state index in [1.165, 1.54) is 16.9 Å². The van der Waals surface area contributed by atoms with Crippen molar-refractivity contribution in [3.8, 4) is 0 Å². The van der Waals surface area contributed by atoms with Crippen molar-refractivity contribution in [2.75, 3.05) is 0 Å². The molecule has 2 rings (SSSR count). The summed E-state index contributed by atoms with van der Waals surface area (Å²) in [5.74, 6) is 0. The van der Waals surface area contributed by atoms with Crippen molar-refractivity contribution in [1.29, 1.82) is 0 Å². The lowest BCUT2D eigenvalue weighted by Crippen LogP contribution is -2.08. The van der Waals surface area contributed by atoms with Crippen molar-refractivity contribution in [3.63, 3.8) is 0 Å². The second-order valence-electron chi connectivity index (χ2n) is 3.04. The van der Waals surface area contributed by atoms with Crippen LogP contribution in [0.3, 0.4) is 0 Å². The summed E-state index contributed by atoms with van der Waals surface area (Å²) >= 11 is 0.770. The fraction of sp³-hybridized carbons (Fsp3) is 0.250. The molecule has 2 aromatic rings. The Morgan fingerprint density at radius 3 is 2.71 bits per heavy atom. The predicted molar refractivity (Wildman–Crippen MR) is 52.2 cm³/mol. The van der Waals surface area contributed by atoms with Gasteiger partial charge < -0.3 is 0 Å². The molecule has 5 nitrogen and oxygen atoms in total. The van der Waals surface area contributed by atoms with Gasteiger partial charge in [0.1, 0.15) is 5.03 Å². The van der Waals surface area contributed by atoms with Crippen LogP contribution in [0.25, 0.3) is 0 Å². The molecule has 0 saturated heterocycles. The third-order valence-electron chi connectivity index (χ3n) is 1.85. The number of rotatable bonds is 2. The lowest BCUT2D eigenvalue weighted by molar-refractivity contribution is -0.140. The molecule has 2 heterocycles. The number of halogens is 3. The van der Waals surface area contributed by atoms with Gasteiger partial charge in [-0.3, -0.25) is 0 Å². The Morgan fingerprint density at radius 1 is 1.35 bits per heavy atom. The molecule has 17 heavy (non-hydrogen) atoms. The predicted octanol–water partition coefficient (Wildman–Crippen LogP) is 1.78. The molecule has 0 saturated carbocycles. The van der Waals surface area contributed by atoms with Gasteiger partial charge in [0, 0.05) is 13.2 Å². The van der Waals surface area contributed by atoms with Crippen LogP contribution >= 0.6 is 11.8 Å². The van der Waals surface area contributed by atoms with E-state index < -0.39 is 11.7 Å². The van der Waals surface area contributed by atoms with Crippen LogP contribution in [-0.4, -0.2) is 25.2 Å². The molecule has 0 aliphatic carbocycles. The molecular weight excluding hydrogens is 255 g/mol. The molecular formula is C8H6F3N5S. The first-order valence-corrected chi connectivity index (χ1v) is 5.22. The zero-order chi connectivity index (χ0) is 12.5. The van der Waals surface area contributed by atoms with Crippen LogP contribution in [0.1, 0.15) is 5.56 Å². The monoisotopic (exact) mass is 261 g/mol. The second-order valence-corrected chi connectivity index (χ2v) is 4.00.